The number of nitrogens with one attached hydrogen (secondary N) is 1. The summed E-state index contributed by atoms with van der Waals surface area (Å²) in [6.45, 7) is 1.55. The summed E-state index contributed by atoms with van der Waals surface area (Å²) in [6.07, 6.45) is 0. The van der Waals surface area contributed by atoms with Crippen LogP contribution in [0.15, 0.2) is 36.4 Å². The molecule has 28 heavy (non-hydrogen) atoms. The molecule has 2 N–H and O–H groups in total. The first-order valence-electron chi connectivity index (χ1n) is 8.35. The Bertz CT molecular complexity index is 1020. The summed E-state index contributed by atoms with van der Waals surface area (Å²) in [6, 6.07) is 13.6. The smallest absolute Gasteiger partial charge is 0.488 e. The van der Waals surface area contributed by atoms with Gasteiger partial charge in [-0.3, -0.25) is 4.79 Å². The number of amides is 1. The van der Waals surface area contributed by atoms with Gasteiger partial charge in [-0.15, -0.1) is 0 Å². The normalized spacial score (nSPS) is 14.4. The quantitative estimate of drug-likeness (QED) is 0.742. The van der Waals surface area contributed by atoms with E-state index in [1.165, 1.54) is 19.1 Å². The second-order valence-electron chi connectivity index (χ2n) is 6.46. The number of carbonyl (C=O) groups is 1. The molecule has 0 saturated carbocycles. The van der Waals surface area contributed by atoms with Crippen molar-refractivity contribution in [1.82, 2.24) is 5.32 Å². The fourth-order valence-electron chi connectivity index (χ4n) is 2.78. The van der Waals surface area contributed by atoms with E-state index in [-0.39, 0.29) is 35.1 Å². The average Bonchev–Trinajstić information content (AvgIpc) is 3.09. The van der Waals surface area contributed by atoms with E-state index < -0.39 is 18.6 Å². The second-order valence-corrected chi connectivity index (χ2v) is 6.84. The van der Waals surface area contributed by atoms with E-state index >= 15 is 0 Å². The molecule has 1 aliphatic rings. The lowest BCUT2D eigenvalue weighted by Crippen LogP contribution is -2.49. The monoisotopic (exact) mass is 395 g/mol. The summed E-state index contributed by atoms with van der Waals surface area (Å²) in [5.41, 5.74) is 0.190. The van der Waals surface area contributed by atoms with Crippen molar-refractivity contribution >= 4 is 30.1 Å². The van der Waals surface area contributed by atoms with Crippen LogP contribution in [0.2, 0.25) is 5.02 Å². The van der Waals surface area contributed by atoms with Gasteiger partial charge in [-0.2, -0.15) is 10.5 Å². The van der Waals surface area contributed by atoms with E-state index in [0.29, 0.717) is 5.46 Å². The predicted molar refractivity (Wildman–Crippen MR) is 102 cm³/mol. The van der Waals surface area contributed by atoms with Crippen LogP contribution in [0.25, 0.3) is 0 Å². The summed E-state index contributed by atoms with van der Waals surface area (Å²) in [7, 11) is -1.13. The fourth-order valence-corrected chi connectivity index (χ4v) is 3.12. The molecule has 3 rings (SSSR count). The molecule has 0 fully saturated rings. The van der Waals surface area contributed by atoms with E-state index in [1.54, 1.807) is 24.3 Å². The Labute approximate surface area is 167 Å². The van der Waals surface area contributed by atoms with Crippen LogP contribution in [0.4, 0.5) is 0 Å². The summed E-state index contributed by atoms with van der Waals surface area (Å²) in [5, 5.41) is 31.3. The summed E-state index contributed by atoms with van der Waals surface area (Å²) >= 11 is 6.29. The molecule has 2 aromatic carbocycles. The van der Waals surface area contributed by atoms with Crippen molar-refractivity contribution < 1.29 is 19.2 Å². The van der Waals surface area contributed by atoms with Crippen LogP contribution in [-0.2, 0) is 11.3 Å². The first-order valence-corrected chi connectivity index (χ1v) is 8.73. The molecule has 1 heterocycles. The zero-order valence-electron chi connectivity index (χ0n) is 14.9. The number of nitriles is 2. The number of hydrogen-bond donors (Lipinski definition) is 2. The summed E-state index contributed by atoms with van der Waals surface area (Å²) < 4.78 is 10.8. The Morgan fingerprint density at radius 1 is 1.39 bits per heavy atom. The van der Waals surface area contributed by atoms with Gasteiger partial charge in [0.1, 0.15) is 12.4 Å². The van der Waals surface area contributed by atoms with Gasteiger partial charge < -0.3 is 19.7 Å². The van der Waals surface area contributed by atoms with Crippen molar-refractivity contribution in [2.75, 3.05) is 6.61 Å². The van der Waals surface area contributed by atoms with Crippen molar-refractivity contribution in [2.24, 2.45) is 0 Å². The van der Waals surface area contributed by atoms with Gasteiger partial charge in [0.05, 0.1) is 34.9 Å². The van der Waals surface area contributed by atoms with Gasteiger partial charge in [0.25, 0.3) is 5.91 Å². The topological polar surface area (TPSA) is 115 Å². The third kappa shape index (κ3) is 3.80. The van der Waals surface area contributed by atoms with Gasteiger partial charge in [-0.25, -0.2) is 0 Å². The highest BCUT2D eigenvalue weighted by atomic mass is 35.5. The molecular formula is C19H15BClN3O4. The maximum Gasteiger partial charge on any atom is 0.493 e. The first-order chi connectivity index (χ1) is 13.4. The predicted octanol–water partition coefficient (Wildman–Crippen LogP) is 1.52. The fraction of sp³-hybridized carbons (Fsp3) is 0.211. The maximum absolute atomic E-state index is 12.5. The molecule has 2 aromatic rings. The van der Waals surface area contributed by atoms with E-state index in [2.05, 4.69) is 5.32 Å². The number of ether oxygens (including phenoxy) is 1. The standard InChI is InChI=1S/C19H15BClN3O4/c1-19(10-23,24-18(25)14-5-3-2-4-12(14)8-22)11-27-15-7-6-13-9-28-20(26)16(13)17(15)21/h2-7,26H,9,11H2,1H3,(H,24,25). The lowest BCUT2D eigenvalue weighted by molar-refractivity contribution is 0.0901. The number of rotatable bonds is 5. The zero-order valence-corrected chi connectivity index (χ0v) is 15.7. The number of carbonyl (C=O) groups excluding carboxylic acids is 1. The van der Waals surface area contributed by atoms with Gasteiger partial charge in [-0.1, -0.05) is 29.8 Å². The van der Waals surface area contributed by atoms with Crippen LogP contribution < -0.4 is 15.5 Å². The third-order valence-electron chi connectivity index (χ3n) is 4.32. The Kier molecular flexibility index (Phi) is 5.57. The van der Waals surface area contributed by atoms with Crippen molar-refractivity contribution in [3.8, 4) is 17.9 Å². The Morgan fingerprint density at radius 3 is 2.86 bits per heavy atom. The van der Waals surface area contributed by atoms with Crippen LogP contribution in [0.5, 0.6) is 5.75 Å². The lowest BCUT2D eigenvalue weighted by atomic mass is 9.79. The minimum Gasteiger partial charge on any atom is -0.488 e. The average molecular weight is 396 g/mol. The number of hydrogen-bond acceptors (Lipinski definition) is 6. The first kappa shape index (κ1) is 19.7. The van der Waals surface area contributed by atoms with Crippen molar-refractivity contribution in [2.45, 2.75) is 19.1 Å². The molecule has 9 heteroatoms. The highest BCUT2D eigenvalue weighted by molar-refractivity contribution is 6.65. The molecule has 1 amide bonds. The van der Waals surface area contributed by atoms with Crippen LogP contribution >= 0.6 is 11.6 Å². The van der Waals surface area contributed by atoms with Gasteiger partial charge in [0.15, 0.2) is 5.54 Å². The molecule has 0 saturated heterocycles. The SMILES string of the molecule is CC(C#N)(COc1ccc2c(c1Cl)B(O)OC2)NC(=O)c1ccccc1C#N. The van der Waals surface area contributed by atoms with Crippen LogP contribution in [0.1, 0.15) is 28.4 Å². The number of benzene rings is 2. The lowest BCUT2D eigenvalue weighted by Gasteiger charge is -2.24. The largest absolute Gasteiger partial charge is 0.493 e. The van der Waals surface area contributed by atoms with Crippen molar-refractivity contribution in [1.29, 1.82) is 10.5 Å². The van der Waals surface area contributed by atoms with Crippen LogP contribution in [-0.4, -0.2) is 30.2 Å². The molecule has 0 bridgehead atoms. The van der Waals surface area contributed by atoms with Gasteiger partial charge >= 0.3 is 7.12 Å². The molecule has 1 atom stereocenters. The highest BCUT2D eigenvalue weighted by Crippen LogP contribution is 2.28. The van der Waals surface area contributed by atoms with Crippen molar-refractivity contribution in [3.63, 3.8) is 0 Å². The van der Waals surface area contributed by atoms with Crippen molar-refractivity contribution in [3.05, 3.63) is 58.1 Å². The van der Waals surface area contributed by atoms with E-state index in [1.807, 2.05) is 12.1 Å². The van der Waals surface area contributed by atoms with Gasteiger partial charge in [0.2, 0.25) is 0 Å². The molecular weight excluding hydrogens is 380 g/mol. The van der Waals surface area contributed by atoms with E-state index in [0.717, 1.165) is 5.56 Å². The molecule has 0 radical (unpaired) electrons. The summed E-state index contributed by atoms with van der Waals surface area (Å²) in [5.74, 6) is -0.299. The minimum atomic E-state index is -1.38. The molecule has 0 spiro atoms. The second kappa shape index (κ2) is 7.91. The molecule has 7 nitrogen and oxygen atoms in total. The Morgan fingerprint density at radius 2 is 2.14 bits per heavy atom. The highest BCUT2D eigenvalue weighted by Gasteiger charge is 2.33. The number of nitrogens with zero attached hydrogens (tertiary/aromatic N) is 2. The molecule has 0 aliphatic carbocycles. The molecule has 1 unspecified atom stereocenters. The zero-order chi connectivity index (χ0) is 20.3. The van der Waals surface area contributed by atoms with E-state index in [9.17, 15) is 15.1 Å². The Balaban J connectivity index is 1.76. The molecule has 0 aromatic heterocycles. The third-order valence-corrected chi connectivity index (χ3v) is 4.71. The molecule has 140 valence electrons. The maximum atomic E-state index is 12.5. The van der Waals surface area contributed by atoms with Gasteiger partial charge in [-0.05, 0) is 30.7 Å². The molecule has 1 aliphatic heterocycles. The Hall–Kier alpha value is -3.04. The number of fused-ring (bicyclic) bond motifs is 1. The minimum absolute atomic E-state index is 0.169. The summed E-state index contributed by atoms with van der Waals surface area (Å²) in [4.78, 5) is 12.5. The van der Waals surface area contributed by atoms with Gasteiger partial charge in [0, 0.05) is 5.46 Å². The van der Waals surface area contributed by atoms with E-state index in [4.69, 9.17) is 26.3 Å². The van der Waals surface area contributed by atoms with Crippen LogP contribution in [0.3, 0.4) is 0 Å². The van der Waals surface area contributed by atoms with Crippen LogP contribution in [0, 0.1) is 22.7 Å². The number of halogens is 1.